The second-order valence-electron chi connectivity index (χ2n) is 9.86. The van der Waals surface area contributed by atoms with Crippen LogP contribution in [0.25, 0.3) is 11.4 Å². The molecule has 36 heavy (non-hydrogen) atoms. The third kappa shape index (κ3) is 4.84. The number of Topliss-reactive ketones (excluding diaryl/α,β-unsaturated/α-hetero) is 1. The van der Waals surface area contributed by atoms with Gasteiger partial charge in [0.2, 0.25) is 0 Å². The number of nitrogens with zero attached hydrogens (tertiary/aromatic N) is 4. The van der Waals surface area contributed by atoms with Gasteiger partial charge in [0.15, 0.2) is 0 Å². The topological polar surface area (TPSA) is 78.7 Å². The molecule has 0 unspecified atom stereocenters. The van der Waals surface area contributed by atoms with Crippen molar-refractivity contribution in [2.45, 2.75) is 39.2 Å². The lowest BCUT2D eigenvalue weighted by Crippen LogP contribution is -2.32. The minimum Gasteiger partial charge on any atom is -0.507 e. The summed E-state index contributed by atoms with van der Waals surface area (Å²) in [5.41, 5.74) is 4.05. The highest BCUT2D eigenvalue weighted by Crippen LogP contribution is 2.40. The summed E-state index contributed by atoms with van der Waals surface area (Å²) in [4.78, 5) is 30.2. The summed E-state index contributed by atoms with van der Waals surface area (Å²) in [6.45, 7) is 7.28. The summed E-state index contributed by atoms with van der Waals surface area (Å²) in [6, 6.07) is 16.9. The summed E-state index contributed by atoms with van der Waals surface area (Å²) >= 11 is 0. The Bertz CT molecular complexity index is 1270. The van der Waals surface area contributed by atoms with E-state index in [1.165, 1.54) is 5.56 Å². The number of carbonyl (C=O) groups is 2. The van der Waals surface area contributed by atoms with Crippen LogP contribution >= 0.6 is 0 Å². The van der Waals surface area contributed by atoms with E-state index in [4.69, 9.17) is 0 Å². The van der Waals surface area contributed by atoms with Gasteiger partial charge < -0.3 is 14.9 Å². The highest BCUT2D eigenvalue weighted by atomic mass is 16.3. The maximum atomic E-state index is 13.3. The van der Waals surface area contributed by atoms with Gasteiger partial charge in [-0.05, 0) is 63.2 Å². The van der Waals surface area contributed by atoms with Crippen LogP contribution in [0.3, 0.4) is 0 Å². The maximum absolute atomic E-state index is 13.3. The van der Waals surface area contributed by atoms with E-state index in [1.807, 2.05) is 80.5 Å². The van der Waals surface area contributed by atoms with Crippen LogP contribution in [0.2, 0.25) is 0 Å². The third-order valence-corrected chi connectivity index (χ3v) is 6.73. The molecule has 1 aromatic heterocycles. The van der Waals surface area contributed by atoms with Crippen molar-refractivity contribution in [2.75, 3.05) is 27.2 Å². The van der Waals surface area contributed by atoms with Crippen LogP contribution in [0.15, 0.2) is 66.4 Å². The molecule has 7 nitrogen and oxygen atoms in total. The van der Waals surface area contributed by atoms with Crippen molar-refractivity contribution in [3.05, 3.63) is 88.8 Å². The number of likely N-dealkylation sites (tertiary alicyclic amines) is 1. The van der Waals surface area contributed by atoms with E-state index >= 15 is 0 Å². The molecule has 1 aliphatic rings. The summed E-state index contributed by atoms with van der Waals surface area (Å²) in [7, 11) is 3.95. The third-order valence-electron chi connectivity index (χ3n) is 6.73. The molecule has 1 N–H and O–H groups in total. The molecule has 1 saturated heterocycles. The van der Waals surface area contributed by atoms with E-state index in [0.29, 0.717) is 30.1 Å². The van der Waals surface area contributed by atoms with Gasteiger partial charge in [-0.1, -0.05) is 56.3 Å². The Morgan fingerprint density at radius 3 is 2.33 bits per heavy atom. The number of hydrogen-bond donors (Lipinski definition) is 1. The SMILES string of the molecule is Cc1c(/C(O)=C2\C(=O)C(=O)N(CCCN(C)C)[C@@H]2c2ccc(C(C)C)cc2)cnn1-c1ccccc1. The summed E-state index contributed by atoms with van der Waals surface area (Å²) in [5.74, 6) is -1.08. The van der Waals surface area contributed by atoms with Crippen molar-refractivity contribution in [3.63, 3.8) is 0 Å². The average molecular weight is 487 g/mol. The standard InChI is InChI=1S/C29H34N4O3/c1-19(2)21-12-14-22(15-13-21)26-25(28(35)29(36)32(26)17-9-16-31(4)5)27(34)24-18-30-33(20(24)3)23-10-7-6-8-11-23/h6-8,10-15,18-19,26,34H,9,16-17H2,1-5H3/b27-25+/t26-/m1/s1. The molecule has 3 aromatic rings. The van der Waals surface area contributed by atoms with Crippen molar-refractivity contribution < 1.29 is 14.7 Å². The summed E-state index contributed by atoms with van der Waals surface area (Å²) < 4.78 is 1.72. The Morgan fingerprint density at radius 1 is 1.06 bits per heavy atom. The average Bonchev–Trinajstić information content (AvgIpc) is 3.36. The molecule has 188 valence electrons. The van der Waals surface area contributed by atoms with E-state index < -0.39 is 17.7 Å². The highest BCUT2D eigenvalue weighted by Gasteiger charge is 2.46. The van der Waals surface area contributed by atoms with Gasteiger partial charge in [-0.15, -0.1) is 0 Å². The van der Waals surface area contributed by atoms with E-state index in [-0.39, 0.29) is 11.3 Å². The molecule has 0 bridgehead atoms. The van der Waals surface area contributed by atoms with Crippen molar-refractivity contribution in [2.24, 2.45) is 0 Å². The lowest BCUT2D eigenvalue weighted by molar-refractivity contribution is -0.139. The van der Waals surface area contributed by atoms with Gasteiger partial charge in [0.25, 0.3) is 11.7 Å². The Balaban J connectivity index is 1.81. The molecule has 4 rings (SSSR count). The predicted molar refractivity (Wildman–Crippen MR) is 141 cm³/mol. The van der Waals surface area contributed by atoms with Gasteiger partial charge in [-0.2, -0.15) is 5.10 Å². The van der Waals surface area contributed by atoms with Crippen LogP contribution in [-0.2, 0) is 9.59 Å². The molecule has 1 amide bonds. The molecule has 0 aliphatic carbocycles. The fraction of sp³-hybridized carbons (Fsp3) is 0.345. The zero-order valence-corrected chi connectivity index (χ0v) is 21.6. The van der Waals surface area contributed by atoms with Crippen molar-refractivity contribution >= 4 is 17.4 Å². The molecule has 1 aliphatic heterocycles. The number of hydrogen-bond acceptors (Lipinski definition) is 5. The minimum absolute atomic E-state index is 0.109. The van der Waals surface area contributed by atoms with E-state index in [2.05, 4.69) is 18.9 Å². The predicted octanol–water partition coefficient (Wildman–Crippen LogP) is 4.68. The number of amides is 1. The van der Waals surface area contributed by atoms with Crippen LogP contribution in [0.5, 0.6) is 0 Å². The van der Waals surface area contributed by atoms with E-state index in [0.717, 1.165) is 17.8 Å². The van der Waals surface area contributed by atoms with Gasteiger partial charge in [-0.3, -0.25) is 9.59 Å². The van der Waals surface area contributed by atoms with Crippen molar-refractivity contribution in [3.8, 4) is 5.69 Å². The Labute approximate surface area is 212 Å². The normalized spacial score (nSPS) is 17.5. The van der Waals surface area contributed by atoms with Crippen LogP contribution < -0.4 is 0 Å². The minimum atomic E-state index is -0.665. The number of aliphatic hydroxyl groups is 1. The van der Waals surface area contributed by atoms with Crippen molar-refractivity contribution in [1.82, 2.24) is 19.6 Å². The molecular weight excluding hydrogens is 452 g/mol. The molecule has 0 radical (unpaired) electrons. The van der Waals surface area contributed by atoms with Gasteiger partial charge in [0.1, 0.15) is 5.76 Å². The van der Waals surface area contributed by atoms with Crippen LogP contribution in [0, 0.1) is 6.92 Å². The smallest absolute Gasteiger partial charge is 0.295 e. The lowest BCUT2D eigenvalue weighted by Gasteiger charge is -2.26. The second-order valence-corrected chi connectivity index (χ2v) is 9.86. The number of carbonyl (C=O) groups excluding carboxylic acids is 2. The van der Waals surface area contributed by atoms with Crippen LogP contribution in [0.4, 0.5) is 0 Å². The molecule has 7 heteroatoms. The number of aromatic nitrogens is 2. The number of para-hydroxylation sites is 1. The molecule has 0 saturated carbocycles. The fourth-order valence-corrected chi connectivity index (χ4v) is 4.69. The first-order valence-corrected chi connectivity index (χ1v) is 12.3. The van der Waals surface area contributed by atoms with Crippen LogP contribution in [0.1, 0.15) is 54.6 Å². The second kappa shape index (κ2) is 10.5. The van der Waals surface area contributed by atoms with Gasteiger partial charge in [0, 0.05) is 6.54 Å². The molecule has 2 heterocycles. The quantitative estimate of drug-likeness (QED) is 0.284. The zero-order chi connectivity index (χ0) is 26.0. The molecule has 2 aromatic carbocycles. The fourth-order valence-electron chi connectivity index (χ4n) is 4.69. The number of ketones is 1. The Kier molecular flexibility index (Phi) is 7.40. The largest absolute Gasteiger partial charge is 0.507 e. The van der Waals surface area contributed by atoms with Gasteiger partial charge in [0.05, 0.1) is 34.8 Å². The van der Waals surface area contributed by atoms with E-state index in [9.17, 15) is 14.7 Å². The number of aliphatic hydroxyl groups excluding tert-OH is 1. The Hall–Kier alpha value is -3.71. The van der Waals surface area contributed by atoms with Crippen molar-refractivity contribution in [1.29, 1.82) is 0 Å². The first-order chi connectivity index (χ1) is 17.2. The molecule has 1 atom stereocenters. The first kappa shape index (κ1) is 25.4. The van der Waals surface area contributed by atoms with E-state index in [1.54, 1.807) is 15.8 Å². The number of rotatable bonds is 8. The monoisotopic (exact) mass is 486 g/mol. The van der Waals surface area contributed by atoms with Gasteiger partial charge in [-0.25, -0.2) is 4.68 Å². The number of benzene rings is 2. The molecule has 0 spiro atoms. The van der Waals surface area contributed by atoms with Gasteiger partial charge >= 0.3 is 0 Å². The Morgan fingerprint density at radius 2 is 1.72 bits per heavy atom. The van der Waals surface area contributed by atoms with Crippen LogP contribution in [-0.4, -0.2) is 63.6 Å². The zero-order valence-electron chi connectivity index (χ0n) is 21.6. The maximum Gasteiger partial charge on any atom is 0.295 e. The summed E-state index contributed by atoms with van der Waals surface area (Å²) in [6.07, 6.45) is 2.27. The molecular formula is C29H34N4O3. The summed E-state index contributed by atoms with van der Waals surface area (Å²) in [5, 5.41) is 15.9. The molecule has 1 fully saturated rings. The first-order valence-electron chi connectivity index (χ1n) is 12.3. The highest BCUT2D eigenvalue weighted by molar-refractivity contribution is 6.46. The lowest BCUT2D eigenvalue weighted by atomic mass is 9.93.